The summed E-state index contributed by atoms with van der Waals surface area (Å²) in [5, 5.41) is 14.1. The third-order valence-corrected chi connectivity index (χ3v) is 6.85. The Morgan fingerprint density at radius 3 is 2.55 bits per heavy atom. The molecule has 0 bridgehead atoms. The number of benzene rings is 2. The van der Waals surface area contributed by atoms with Crippen molar-refractivity contribution in [1.82, 2.24) is 10.2 Å². The number of aliphatic hydroxyl groups is 1. The predicted molar refractivity (Wildman–Crippen MR) is 131 cm³/mol. The molecule has 4 rings (SSSR count). The van der Waals surface area contributed by atoms with Crippen LogP contribution in [0.15, 0.2) is 54.6 Å². The Morgan fingerprint density at radius 1 is 1.12 bits per heavy atom. The number of carbonyl (C=O) groups is 1. The Kier molecular flexibility index (Phi) is 7.22. The fourth-order valence-corrected chi connectivity index (χ4v) is 5.43. The first-order valence-corrected chi connectivity index (χ1v) is 12.3. The summed E-state index contributed by atoms with van der Waals surface area (Å²) in [7, 11) is 0. The Labute approximate surface area is 198 Å². The van der Waals surface area contributed by atoms with Crippen LogP contribution in [-0.2, 0) is 22.4 Å². The smallest absolute Gasteiger partial charge is 0.228 e. The van der Waals surface area contributed by atoms with Gasteiger partial charge >= 0.3 is 0 Å². The molecule has 1 amide bonds. The van der Waals surface area contributed by atoms with Gasteiger partial charge in [0.2, 0.25) is 5.91 Å². The van der Waals surface area contributed by atoms with Crippen molar-refractivity contribution in [1.29, 1.82) is 0 Å². The summed E-state index contributed by atoms with van der Waals surface area (Å²) in [5.41, 5.74) is 2.88. The van der Waals surface area contributed by atoms with Crippen LogP contribution in [-0.4, -0.2) is 46.9 Å². The zero-order chi connectivity index (χ0) is 23.6. The normalized spacial score (nSPS) is 22.8. The molecule has 0 spiro atoms. The Morgan fingerprint density at radius 2 is 1.82 bits per heavy atom. The van der Waals surface area contributed by atoms with Crippen molar-refractivity contribution in [3.63, 3.8) is 0 Å². The average Bonchev–Trinajstić information content (AvgIpc) is 3.23. The van der Waals surface area contributed by atoms with Gasteiger partial charge in [-0.15, -0.1) is 0 Å². The van der Waals surface area contributed by atoms with Gasteiger partial charge < -0.3 is 20.1 Å². The SMILES string of the molecule is CC(C)CNC[C@@H](O)C[C@@H](Cc1ccccc1)C(=O)N1C2c3ccccc3C[C@H]2OC1(C)C. The molecule has 1 saturated heterocycles. The van der Waals surface area contributed by atoms with Crippen LogP contribution in [0.5, 0.6) is 0 Å². The third kappa shape index (κ3) is 5.32. The quantitative estimate of drug-likeness (QED) is 0.604. The standard InChI is InChI=1S/C28H38N2O3/c1-19(2)17-29-18-23(31)15-22(14-20-10-6-5-7-11-20)27(32)30-26-24-13-9-8-12-21(24)16-25(26)33-28(30,3)4/h5-13,19,22-23,25-26,29,31H,14-18H2,1-4H3/t22-,23+,25-,26?/m1/s1. The molecule has 5 heteroatoms. The Balaban J connectivity index is 1.58. The number of aliphatic hydroxyl groups excluding tert-OH is 1. The first-order chi connectivity index (χ1) is 15.8. The molecule has 33 heavy (non-hydrogen) atoms. The molecule has 1 heterocycles. The second kappa shape index (κ2) is 9.96. The molecule has 2 aromatic rings. The second-order valence-corrected chi connectivity index (χ2v) is 10.5. The van der Waals surface area contributed by atoms with Gasteiger partial charge in [0.1, 0.15) is 5.72 Å². The topological polar surface area (TPSA) is 61.8 Å². The molecule has 2 N–H and O–H groups in total. The van der Waals surface area contributed by atoms with E-state index >= 15 is 0 Å². The number of carbonyl (C=O) groups excluding carboxylic acids is 1. The van der Waals surface area contributed by atoms with Gasteiger partial charge in [-0.05, 0) is 55.8 Å². The van der Waals surface area contributed by atoms with E-state index < -0.39 is 11.8 Å². The van der Waals surface area contributed by atoms with Crippen LogP contribution in [0.4, 0.5) is 0 Å². The maximum atomic E-state index is 14.1. The summed E-state index contributed by atoms with van der Waals surface area (Å²) in [6.07, 6.45) is 1.26. The lowest BCUT2D eigenvalue weighted by Gasteiger charge is -2.37. The maximum absolute atomic E-state index is 14.1. The van der Waals surface area contributed by atoms with Crippen LogP contribution in [0.25, 0.3) is 0 Å². The highest BCUT2D eigenvalue weighted by Gasteiger charge is 2.54. The number of hydrogen-bond acceptors (Lipinski definition) is 4. The lowest BCUT2D eigenvalue weighted by molar-refractivity contribution is -0.153. The van der Waals surface area contributed by atoms with Gasteiger partial charge in [0, 0.05) is 18.9 Å². The summed E-state index contributed by atoms with van der Waals surface area (Å²) < 4.78 is 6.42. The van der Waals surface area contributed by atoms with Crippen LogP contribution in [0.1, 0.15) is 56.8 Å². The zero-order valence-corrected chi connectivity index (χ0v) is 20.3. The molecule has 0 saturated carbocycles. The van der Waals surface area contributed by atoms with Crippen LogP contribution in [0, 0.1) is 11.8 Å². The summed E-state index contributed by atoms with van der Waals surface area (Å²) in [6.45, 7) is 9.62. The monoisotopic (exact) mass is 450 g/mol. The van der Waals surface area contributed by atoms with Crippen molar-refractivity contribution in [2.75, 3.05) is 13.1 Å². The number of rotatable bonds is 9. The highest BCUT2D eigenvalue weighted by Crippen LogP contribution is 2.49. The number of nitrogens with one attached hydrogen (secondary N) is 1. The van der Waals surface area contributed by atoms with E-state index in [1.165, 1.54) is 11.1 Å². The minimum absolute atomic E-state index is 0.0173. The summed E-state index contributed by atoms with van der Waals surface area (Å²) in [6, 6.07) is 18.4. The van der Waals surface area contributed by atoms with Gasteiger partial charge in [0.15, 0.2) is 0 Å². The number of amides is 1. The molecule has 1 unspecified atom stereocenters. The second-order valence-electron chi connectivity index (χ2n) is 10.5. The van der Waals surface area contributed by atoms with Gasteiger partial charge in [0.05, 0.1) is 18.2 Å². The summed E-state index contributed by atoms with van der Waals surface area (Å²) >= 11 is 0. The minimum atomic E-state index is -0.685. The Hall–Kier alpha value is -2.21. The molecule has 1 aliphatic carbocycles. The van der Waals surface area contributed by atoms with E-state index in [1.54, 1.807) is 0 Å². The van der Waals surface area contributed by atoms with Gasteiger partial charge in [-0.3, -0.25) is 4.79 Å². The highest BCUT2D eigenvalue weighted by atomic mass is 16.5. The van der Waals surface area contributed by atoms with Crippen LogP contribution < -0.4 is 5.32 Å². The zero-order valence-electron chi connectivity index (χ0n) is 20.3. The van der Waals surface area contributed by atoms with Crippen LogP contribution in [0.3, 0.4) is 0 Å². The number of hydrogen-bond donors (Lipinski definition) is 2. The number of fused-ring (bicyclic) bond motifs is 3. The molecule has 1 aliphatic heterocycles. The fraction of sp³-hybridized carbons (Fsp3) is 0.536. The van der Waals surface area contributed by atoms with Gasteiger partial charge in [0.25, 0.3) is 0 Å². The highest BCUT2D eigenvalue weighted by molar-refractivity contribution is 5.81. The van der Waals surface area contributed by atoms with E-state index in [-0.39, 0.29) is 24.0 Å². The van der Waals surface area contributed by atoms with Crippen LogP contribution >= 0.6 is 0 Å². The van der Waals surface area contributed by atoms with Crippen molar-refractivity contribution < 1.29 is 14.6 Å². The number of ether oxygens (including phenoxy) is 1. The molecular weight excluding hydrogens is 412 g/mol. The summed E-state index contributed by atoms with van der Waals surface area (Å²) in [5.74, 6) is 0.259. The average molecular weight is 451 g/mol. The van der Waals surface area contributed by atoms with E-state index in [1.807, 2.05) is 43.0 Å². The minimum Gasteiger partial charge on any atom is -0.392 e. The van der Waals surface area contributed by atoms with Crippen molar-refractivity contribution >= 4 is 5.91 Å². The first-order valence-electron chi connectivity index (χ1n) is 12.3. The Bertz CT molecular complexity index is 943. The van der Waals surface area contributed by atoms with Crippen molar-refractivity contribution in [2.45, 2.75) is 70.9 Å². The van der Waals surface area contributed by atoms with E-state index in [0.29, 0.717) is 25.3 Å². The van der Waals surface area contributed by atoms with Crippen LogP contribution in [0.2, 0.25) is 0 Å². The van der Waals surface area contributed by atoms with E-state index in [4.69, 9.17) is 4.74 Å². The molecule has 0 aromatic heterocycles. The predicted octanol–water partition coefficient (Wildman–Crippen LogP) is 4.10. The maximum Gasteiger partial charge on any atom is 0.228 e. The molecule has 5 nitrogen and oxygen atoms in total. The first kappa shape index (κ1) is 23.9. The third-order valence-electron chi connectivity index (χ3n) is 6.85. The lowest BCUT2D eigenvalue weighted by atomic mass is 9.90. The fourth-order valence-electron chi connectivity index (χ4n) is 5.43. The van der Waals surface area contributed by atoms with Gasteiger partial charge in [-0.2, -0.15) is 0 Å². The molecule has 178 valence electrons. The van der Waals surface area contributed by atoms with E-state index in [0.717, 1.165) is 18.5 Å². The largest absolute Gasteiger partial charge is 0.392 e. The van der Waals surface area contributed by atoms with Crippen molar-refractivity contribution in [2.24, 2.45) is 11.8 Å². The molecule has 4 atom stereocenters. The molecular formula is C28H38N2O3. The molecule has 2 aromatic carbocycles. The molecule has 2 aliphatic rings. The lowest BCUT2D eigenvalue weighted by Crippen LogP contribution is -2.48. The molecule has 1 fully saturated rings. The van der Waals surface area contributed by atoms with Crippen molar-refractivity contribution in [3.05, 3.63) is 71.3 Å². The van der Waals surface area contributed by atoms with Gasteiger partial charge in [-0.25, -0.2) is 0 Å². The number of nitrogens with zero attached hydrogens (tertiary/aromatic N) is 1. The van der Waals surface area contributed by atoms with E-state index in [2.05, 4.69) is 49.5 Å². The van der Waals surface area contributed by atoms with Crippen molar-refractivity contribution in [3.8, 4) is 0 Å². The molecule has 0 radical (unpaired) electrons. The van der Waals surface area contributed by atoms with Gasteiger partial charge in [-0.1, -0.05) is 68.4 Å². The summed E-state index contributed by atoms with van der Waals surface area (Å²) in [4.78, 5) is 16.1. The van der Waals surface area contributed by atoms with E-state index in [9.17, 15) is 9.90 Å².